The fourth-order valence-corrected chi connectivity index (χ4v) is 4.73. The van der Waals surface area contributed by atoms with Gasteiger partial charge in [-0.1, -0.05) is 54.9 Å². The average molecular weight is 443 g/mol. The Morgan fingerprint density at radius 1 is 1.27 bits per heavy atom. The third-order valence-electron chi connectivity index (χ3n) is 5.02. The molecule has 30 heavy (non-hydrogen) atoms. The van der Waals surface area contributed by atoms with Crippen molar-refractivity contribution in [1.82, 2.24) is 10.3 Å². The van der Waals surface area contributed by atoms with Gasteiger partial charge in [0.1, 0.15) is 5.70 Å². The second kappa shape index (κ2) is 7.85. The highest BCUT2D eigenvalue weighted by molar-refractivity contribution is 8.13. The van der Waals surface area contributed by atoms with Crippen LogP contribution in [0.1, 0.15) is 31.5 Å². The molecule has 0 bridgehead atoms. The molecule has 5 rings (SSSR count). The van der Waals surface area contributed by atoms with Gasteiger partial charge in [0.25, 0.3) is 5.91 Å². The SMILES string of the molecule is CCCCSC1=NN2C(=c3ccccc3=N[C@@H]2c2cc3c(cc2Cl)OCO3)C(=O)N1. The van der Waals surface area contributed by atoms with Crippen molar-refractivity contribution < 1.29 is 14.3 Å². The molecule has 9 heteroatoms. The molecule has 3 aliphatic heterocycles. The number of hydrogen-bond acceptors (Lipinski definition) is 7. The highest BCUT2D eigenvalue weighted by Crippen LogP contribution is 2.42. The minimum absolute atomic E-state index is 0.152. The van der Waals surface area contributed by atoms with Crippen LogP contribution >= 0.6 is 23.4 Å². The van der Waals surface area contributed by atoms with Crippen molar-refractivity contribution in [3.63, 3.8) is 0 Å². The Bertz CT molecular complexity index is 1180. The number of thioether (sulfide) groups is 1. The molecule has 0 aromatic heterocycles. The van der Waals surface area contributed by atoms with E-state index in [4.69, 9.17) is 31.2 Å². The van der Waals surface area contributed by atoms with Crippen molar-refractivity contribution in [1.29, 1.82) is 0 Å². The maximum Gasteiger partial charge on any atom is 0.276 e. The second-order valence-corrected chi connectivity index (χ2v) is 8.49. The van der Waals surface area contributed by atoms with E-state index in [2.05, 4.69) is 12.2 Å². The van der Waals surface area contributed by atoms with Gasteiger partial charge < -0.3 is 9.47 Å². The summed E-state index contributed by atoms with van der Waals surface area (Å²) in [6.07, 6.45) is 1.53. The number of nitrogens with zero attached hydrogens (tertiary/aromatic N) is 3. The fourth-order valence-electron chi connectivity index (χ4n) is 3.54. The van der Waals surface area contributed by atoms with Gasteiger partial charge in [0, 0.05) is 22.6 Å². The van der Waals surface area contributed by atoms with Crippen LogP contribution in [0.15, 0.2) is 46.5 Å². The van der Waals surface area contributed by atoms with Crippen molar-refractivity contribution >= 4 is 40.1 Å². The van der Waals surface area contributed by atoms with Gasteiger partial charge in [-0.05, 0) is 18.6 Å². The number of fused-ring (bicyclic) bond motifs is 3. The Labute approximate surface area is 182 Å². The molecule has 0 saturated carbocycles. The third-order valence-corrected chi connectivity index (χ3v) is 6.30. The van der Waals surface area contributed by atoms with Crippen LogP contribution in [0.4, 0.5) is 0 Å². The second-order valence-electron chi connectivity index (χ2n) is 7.00. The zero-order chi connectivity index (χ0) is 20.7. The molecule has 3 aliphatic rings. The molecular formula is C21H19ClN4O3S. The van der Waals surface area contributed by atoms with Crippen LogP contribution in [-0.2, 0) is 4.79 Å². The summed E-state index contributed by atoms with van der Waals surface area (Å²) in [6.45, 7) is 2.28. The molecular weight excluding hydrogens is 424 g/mol. The standard InChI is InChI=1S/C21H19ClN4O3S/c1-2-3-8-30-21-24-20(27)18-12-6-4-5-7-15(12)23-19(26(18)25-21)13-9-16-17(10-14(13)22)29-11-28-16/h4-7,9-10,19H,2-3,8,11H2,1H3,(H,24,25,27)/t19-/m0/s1. The van der Waals surface area contributed by atoms with E-state index in [-0.39, 0.29) is 12.7 Å². The zero-order valence-corrected chi connectivity index (χ0v) is 17.8. The Balaban J connectivity index is 1.65. The fraction of sp³-hybridized carbons (Fsp3) is 0.286. The molecule has 0 aliphatic carbocycles. The molecule has 7 nitrogen and oxygen atoms in total. The van der Waals surface area contributed by atoms with Crippen LogP contribution in [0.3, 0.4) is 0 Å². The normalized spacial score (nSPS) is 18.9. The van der Waals surface area contributed by atoms with E-state index in [1.807, 2.05) is 30.3 Å². The summed E-state index contributed by atoms with van der Waals surface area (Å²) in [5.74, 6) is 1.88. The molecule has 2 aromatic carbocycles. The maximum atomic E-state index is 13.1. The van der Waals surface area contributed by atoms with E-state index >= 15 is 0 Å². The lowest BCUT2D eigenvalue weighted by atomic mass is 10.1. The van der Waals surface area contributed by atoms with Gasteiger partial charge >= 0.3 is 0 Å². The lowest BCUT2D eigenvalue weighted by Crippen LogP contribution is -2.50. The number of benzene rings is 2. The molecule has 0 fully saturated rings. The van der Waals surface area contributed by atoms with Crippen LogP contribution in [0.25, 0.3) is 5.70 Å². The molecule has 0 saturated heterocycles. The summed E-state index contributed by atoms with van der Waals surface area (Å²) in [5, 5.41) is 11.8. The summed E-state index contributed by atoms with van der Waals surface area (Å²) in [7, 11) is 0. The number of amidine groups is 1. The number of halogens is 1. The van der Waals surface area contributed by atoms with E-state index < -0.39 is 6.17 Å². The molecule has 1 atom stereocenters. The van der Waals surface area contributed by atoms with Crippen LogP contribution in [0.5, 0.6) is 11.5 Å². The highest BCUT2D eigenvalue weighted by atomic mass is 35.5. The minimum Gasteiger partial charge on any atom is -0.454 e. The Hall–Kier alpha value is -2.71. The molecule has 3 heterocycles. The van der Waals surface area contributed by atoms with Crippen molar-refractivity contribution in [2.45, 2.75) is 25.9 Å². The molecule has 0 spiro atoms. The van der Waals surface area contributed by atoms with Gasteiger partial charge in [0.05, 0.1) is 10.4 Å². The number of hydrogen-bond donors (Lipinski definition) is 1. The molecule has 0 unspecified atom stereocenters. The van der Waals surface area contributed by atoms with Crippen LogP contribution in [-0.4, -0.2) is 28.6 Å². The van der Waals surface area contributed by atoms with Crippen LogP contribution in [0.2, 0.25) is 5.02 Å². The largest absolute Gasteiger partial charge is 0.454 e. The third kappa shape index (κ3) is 3.30. The first kappa shape index (κ1) is 19.3. The summed E-state index contributed by atoms with van der Waals surface area (Å²) in [6, 6.07) is 11.1. The Kier molecular flexibility index (Phi) is 5.04. The highest BCUT2D eigenvalue weighted by Gasteiger charge is 2.36. The monoisotopic (exact) mass is 442 g/mol. The Morgan fingerprint density at radius 2 is 2.07 bits per heavy atom. The predicted molar refractivity (Wildman–Crippen MR) is 116 cm³/mol. The topological polar surface area (TPSA) is 75.5 Å². The number of hydrazone groups is 1. The number of carbonyl (C=O) groups excluding carboxylic acids is 1. The minimum atomic E-state index is -0.593. The van der Waals surface area contributed by atoms with Gasteiger partial charge in [-0.25, -0.2) is 5.01 Å². The number of nitrogens with one attached hydrogen (secondary N) is 1. The van der Waals surface area contributed by atoms with E-state index in [0.717, 1.165) is 29.2 Å². The van der Waals surface area contributed by atoms with Gasteiger partial charge in [0.2, 0.25) is 6.79 Å². The smallest absolute Gasteiger partial charge is 0.276 e. The molecule has 1 N–H and O–H groups in total. The first-order valence-corrected chi connectivity index (χ1v) is 11.1. The van der Waals surface area contributed by atoms with Crippen molar-refractivity contribution in [3.05, 3.63) is 57.6 Å². The van der Waals surface area contributed by atoms with Gasteiger partial charge in [-0.3, -0.25) is 15.1 Å². The van der Waals surface area contributed by atoms with E-state index in [1.54, 1.807) is 11.1 Å². The number of ether oxygens (including phenoxy) is 2. The van der Waals surface area contributed by atoms with Crippen molar-refractivity contribution in [2.75, 3.05) is 12.5 Å². The van der Waals surface area contributed by atoms with Gasteiger partial charge in [0.15, 0.2) is 22.8 Å². The lowest BCUT2D eigenvalue weighted by molar-refractivity contribution is -0.116. The summed E-state index contributed by atoms with van der Waals surface area (Å²) >= 11 is 8.12. The first-order chi connectivity index (χ1) is 14.7. The van der Waals surface area contributed by atoms with Crippen molar-refractivity contribution in [2.24, 2.45) is 10.1 Å². The van der Waals surface area contributed by atoms with Gasteiger partial charge in [-0.15, -0.1) is 5.10 Å². The van der Waals surface area contributed by atoms with E-state index in [9.17, 15) is 4.79 Å². The first-order valence-electron chi connectivity index (χ1n) is 9.74. The zero-order valence-electron chi connectivity index (χ0n) is 16.2. The molecule has 2 aromatic rings. The van der Waals surface area contributed by atoms with Gasteiger partial charge in [-0.2, -0.15) is 0 Å². The van der Waals surface area contributed by atoms with Crippen molar-refractivity contribution in [3.8, 4) is 11.5 Å². The van der Waals surface area contributed by atoms with Crippen LogP contribution < -0.4 is 25.4 Å². The molecule has 154 valence electrons. The number of amides is 1. The number of carbonyl (C=O) groups is 1. The van der Waals surface area contributed by atoms with E-state index in [1.165, 1.54) is 11.8 Å². The molecule has 1 amide bonds. The Morgan fingerprint density at radius 3 is 2.90 bits per heavy atom. The van der Waals surface area contributed by atoms with Crippen LogP contribution in [0, 0.1) is 0 Å². The number of rotatable bonds is 4. The number of unbranched alkanes of at least 4 members (excludes halogenated alkanes) is 1. The summed E-state index contributed by atoms with van der Waals surface area (Å²) in [5.41, 5.74) is 1.16. The predicted octanol–water partition coefficient (Wildman–Crippen LogP) is 2.75. The quantitative estimate of drug-likeness (QED) is 0.737. The lowest BCUT2D eigenvalue weighted by Gasteiger charge is -2.34. The molecule has 0 radical (unpaired) electrons. The maximum absolute atomic E-state index is 13.1. The summed E-state index contributed by atoms with van der Waals surface area (Å²) < 4.78 is 11.0. The average Bonchev–Trinajstić information content (AvgIpc) is 3.20. The number of para-hydroxylation sites is 1. The summed E-state index contributed by atoms with van der Waals surface area (Å²) in [4.78, 5) is 18.0. The van der Waals surface area contributed by atoms with E-state index in [0.29, 0.717) is 32.9 Å².